The number of hydrogen-bond donors (Lipinski definition) is 0. The summed E-state index contributed by atoms with van der Waals surface area (Å²) in [4.78, 5) is 10.6. The number of nitro groups is 1. The summed E-state index contributed by atoms with van der Waals surface area (Å²) in [6.45, 7) is 1.79. The van der Waals surface area contributed by atoms with Gasteiger partial charge in [-0.2, -0.15) is 0 Å². The fourth-order valence-electron chi connectivity index (χ4n) is 1.95. The minimum absolute atomic E-state index is 0.0685. The van der Waals surface area contributed by atoms with Gasteiger partial charge in [-0.3, -0.25) is 10.1 Å². The first-order chi connectivity index (χ1) is 10.6. The lowest BCUT2D eigenvalue weighted by Crippen LogP contribution is -1.94. The minimum atomic E-state index is -0.463. The molecule has 0 spiro atoms. The number of ether oxygens (including phenoxy) is 1. The van der Waals surface area contributed by atoms with E-state index in [1.807, 2.05) is 0 Å². The molecule has 0 unspecified atom stereocenters. The molecule has 1 heterocycles. The molecular weight excluding hydrogens is 286 g/mol. The fraction of sp³-hybridized carbons (Fsp3) is 0.0667. The molecule has 0 saturated carbocycles. The smallest absolute Gasteiger partial charge is 0.311 e. The lowest BCUT2D eigenvalue weighted by atomic mass is 10.2. The summed E-state index contributed by atoms with van der Waals surface area (Å²) in [5.74, 6) is 1.07. The Labute approximate surface area is 125 Å². The van der Waals surface area contributed by atoms with Crippen LogP contribution in [0.3, 0.4) is 0 Å². The van der Waals surface area contributed by atoms with Gasteiger partial charge in [0.1, 0.15) is 5.75 Å². The van der Waals surface area contributed by atoms with E-state index < -0.39 is 4.92 Å². The van der Waals surface area contributed by atoms with Gasteiger partial charge in [0.2, 0.25) is 18.0 Å². The third-order valence-corrected chi connectivity index (χ3v) is 3.00. The second-order valence-electron chi connectivity index (χ2n) is 4.60. The minimum Gasteiger partial charge on any atom is -0.450 e. The van der Waals surface area contributed by atoms with Crippen LogP contribution in [0.15, 0.2) is 53.3 Å². The standard InChI is InChI=1S/C15H11N3O4/c1-10-2-7-14(13(8-10)18(19)20)22-12-5-3-11(4-6-12)15-17-16-9-21-15/h2-9H,1H3. The Bertz CT molecular complexity index is 798. The Morgan fingerprint density at radius 2 is 1.95 bits per heavy atom. The van der Waals surface area contributed by atoms with E-state index in [-0.39, 0.29) is 11.4 Å². The van der Waals surface area contributed by atoms with Crippen molar-refractivity contribution in [3.8, 4) is 23.0 Å². The van der Waals surface area contributed by atoms with Gasteiger partial charge in [0.15, 0.2) is 0 Å². The molecule has 0 aliphatic carbocycles. The molecule has 0 radical (unpaired) electrons. The van der Waals surface area contributed by atoms with Crippen LogP contribution in [0.25, 0.3) is 11.5 Å². The molecule has 0 saturated heterocycles. The summed E-state index contributed by atoms with van der Waals surface area (Å²) >= 11 is 0. The van der Waals surface area contributed by atoms with Crippen molar-refractivity contribution in [1.29, 1.82) is 0 Å². The first-order valence-corrected chi connectivity index (χ1v) is 6.43. The van der Waals surface area contributed by atoms with Crippen LogP contribution in [0.4, 0.5) is 5.69 Å². The lowest BCUT2D eigenvalue weighted by molar-refractivity contribution is -0.385. The summed E-state index contributed by atoms with van der Waals surface area (Å²) in [5, 5.41) is 18.5. The summed E-state index contributed by atoms with van der Waals surface area (Å²) in [5.41, 5.74) is 1.47. The zero-order valence-electron chi connectivity index (χ0n) is 11.6. The van der Waals surface area contributed by atoms with E-state index in [9.17, 15) is 10.1 Å². The Kier molecular flexibility index (Phi) is 3.53. The van der Waals surface area contributed by atoms with Crippen molar-refractivity contribution in [1.82, 2.24) is 10.2 Å². The zero-order valence-corrected chi connectivity index (χ0v) is 11.6. The van der Waals surface area contributed by atoms with Crippen LogP contribution < -0.4 is 4.74 Å². The Morgan fingerprint density at radius 3 is 2.59 bits per heavy atom. The number of rotatable bonds is 4. The van der Waals surface area contributed by atoms with Gasteiger partial charge < -0.3 is 9.15 Å². The topological polar surface area (TPSA) is 91.3 Å². The Morgan fingerprint density at radius 1 is 1.18 bits per heavy atom. The molecule has 7 nitrogen and oxygen atoms in total. The van der Waals surface area contributed by atoms with E-state index in [4.69, 9.17) is 9.15 Å². The number of aromatic nitrogens is 2. The van der Waals surface area contributed by atoms with E-state index >= 15 is 0 Å². The van der Waals surface area contributed by atoms with E-state index in [2.05, 4.69) is 10.2 Å². The maximum absolute atomic E-state index is 11.1. The summed E-state index contributed by atoms with van der Waals surface area (Å²) < 4.78 is 10.7. The van der Waals surface area contributed by atoms with Crippen LogP contribution in [-0.2, 0) is 0 Å². The largest absolute Gasteiger partial charge is 0.450 e. The van der Waals surface area contributed by atoms with Crippen LogP contribution in [-0.4, -0.2) is 15.1 Å². The van der Waals surface area contributed by atoms with Crippen LogP contribution in [0.2, 0.25) is 0 Å². The second-order valence-corrected chi connectivity index (χ2v) is 4.60. The molecule has 0 aliphatic rings. The van der Waals surface area contributed by atoms with Gasteiger partial charge in [0.25, 0.3) is 0 Å². The number of hydrogen-bond acceptors (Lipinski definition) is 6. The highest BCUT2D eigenvalue weighted by atomic mass is 16.6. The van der Waals surface area contributed by atoms with Crippen LogP contribution in [0, 0.1) is 17.0 Å². The van der Waals surface area contributed by atoms with Crippen LogP contribution in [0.5, 0.6) is 11.5 Å². The van der Waals surface area contributed by atoms with Crippen molar-refractivity contribution in [3.05, 3.63) is 64.5 Å². The quantitative estimate of drug-likeness (QED) is 0.538. The number of nitro benzene ring substituents is 1. The summed E-state index contributed by atoms with van der Waals surface area (Å²) in [6, 6.07) is 11.7. The van der Waals surface area contributed by atoms with Gasteiger partial charge in [0.05, 0.1) is 4.92 Å². The van der Waals surface area contributed by atoms with Gasteiger partial charge in [-0.05, 0) is 42.8 Å². The van der Waals surface area contributed by atoms with Crippen molar-refractivity contribution < 1.29 is 14.1 Å². The first-order valence-electron chi connectivity index (χ1n) is 6.43. The molecular formula is C15H11N3O4. The van der Waals surface area contributed by atoms with Gasteiger partial charge in [-0.1, -0.05) is 6.07 Å². The van der Waals surface area contributed by atoms with Crippen molar-refractivity contribution in [3.63, 3.8) is 0 Å². The molecule has 0 aliphatic heterocycles. The Hall–Kier alpha value is -3.22. The van der Waals surface area contributed by atoms with E-state index in [0.29, 0.717) is 11.6 Å². The molecule has 0 N–H and O–H groups in total. The average molecular weight is 297 g/mol. The van der Waals surface area contributed by atoms with Crippen LogP contribution in [0.1, 0.15) is 5.56 Å². The highest BCUT2D eigenvalue weighted by molar-refractivity contribution is 5.55. The van der Waals surface area contributed by atoms with E-state index in [1.165, 1.54) is 12.5 Å². The predicted molar refractivity (Wildman–Crippen MR) is 77.6 cm³/mol. The number of aryl methyl sites for hydroxylation is 1. The van der Waals surface area contributed by atoms with Crippen molar-refractivity contribution in [2.75, 3.05) is 0 Å². The molecule has 0 fully saturated rings. The third kappa shape index (κ3) is 2.78. The van der Waals surface area contributed by atoms with Crippen molar-refractivity contribution in [2.24, 2.45) is 0 Å². The maximum Gasteiger partial charge on any atom is 0.311 e. The summed E-state index contributed by atoms with van der Waals surface area (Å²) in [7, 11) is 0. The van der Waals surface area contributed by atoms with E-state index in [1.54, 1.807) is 43.3 Å². The fourth-order valence-corrected chi connectivity index (χ4v) is 1.95. The molecule has 3 rings (SSSR count). The average Bonchev–Trinajstić information content (AvgIpc) is 3.04. The molecule has 1 aromatic heterocycles. The first kappa shape index (κ1) is 13.7. The van der Waals surface area contributed by atoms with Gasteiger partial charge in [-0.25, -0.2) is 0 Å². The molecule has 2 aromatic carbocycles. The van der Waals surface area contributed by atoms with Crippen molar-refractivity contribution >= 4 is 5.69 Å². The molecule has 110 valence electrons. The lowest BCUT2D eigenvalue weighted by Gasteiger charge is -2.07. The third-order valence-electron chi connectivity index (χ3n) is 3.00. The Balaban J connectivity index is 1.86. The molecule has 22 heavy (non-hydrogen) atoms. The highest BCUT2D eigenvalue weighted by Gasteiger charge is 2.16. The zero-order chi connectivity index (χ0) is 15.5. The monoisotopic (exact) mass is 297 g/mol. The van der Waals surface area contributed by atoms with Gasteiger partial charge in [-0.15, -0.1) is 10.2 Å². The highest BCUT2D eigenvalue weighted by Crippen LogP contribution is 2.32. The molecule has 7 heteroatoms. The molecule has 0 amide bonds. The van der Waals surface area contributed by atoms with Gasteiger partial charge in [0, 0.05) is 11.6 Å². The second kappa shape index (κ2) is 5.65. The summed E-state index contributed by atoms with van der Waals surface area (Å²) in [6.07, 6.45) is 1.25. The number of nitrogens with zero attached hydrogens (tertiary/aromatic N) is 3. The normalized spacial score (nSPS) is 10.4. The van der Waals surface area contributed by atoms with Gasteiger partial charge >= 0.3 is 5.69 Å². The number of benzene rings is 2. The predicted octanol–water partition coefficient (Wildman–Crippen LogP) is 3.75. The van der Waals surface area contributed by atoms with Crippen molar-refractivity contribution in [2.45, 2.75) is 6.92 Å². The maximum atomic E-state index is 11.1. The van der Waals surface area contributed by atoms with Crippen LogP contribution >= 0.6 is 0 Å². The van der Waals surface area contributed by atoms with E-state index in [0.717, 1.165) is 11.1 Å². The molecule has 3 aromatic rings. The molecule has 0 atom stereocenters. The SMILES string of the molecule is Cc1ccc(Oc2ccc(-c3nnco3)cc2)c([N+](=O)[O-])c1. The molecule has 0 bridgehead atoms.